The van der Waals surface area contributed by atoms with E-state index in [0.29, 0.717) is 18.8 Å². The maximum absolute atomic E-state index is 6.37. The van der Waals surface area contributed by atoms with Crippen molar-refractivity contribution in [2.24, 2.45) is 0 Å². The molecule has 0 aliphatic carbocycles. The molecule has 1 N–H and O–H groups in total. The molecule has 7 nitrogen and oxygen atoms in total. The highest BCUT2D eigenvalue weighted by Gasteiger charge is 2.32. The molecule has 0 radical (unpaired) electrons. The molecule has 146 valence electrons. The minimum Gasteiger partial charge on any atom is -0.376 e. The molecule has 2 aliphatic heterocycles. The van der Waals surface area contributed by atoms with Gasteiger partial charge in [0.05, 0.1) is 24.4 Å². The summed E-state index contributed by atoms with van der Waals surface area (Å²) in [5.41, 5.74) is 2.42. The average Bonchev–Trinajstić information content (AvgIpc) is 3.09. The highest BCUT2D eigenvalue weighted by molar-refractivity contribution is 7.96. The SMILES string of the molecule is CSNC1CCc2cc(C)nn2C1COC1CCN(c2ncccn2)CC1. The highest BCUT2D eigenvalue weighted by atomic mass is 32.2. The molecule has 4 heterocycles. The van der Waals surface area contributed by atoms with Gasteiger partial charge in [0, 0.05) is 37.2 Å². The van der Waals surface area contributed by atoms with E-state index in [9.17, 15) is 0 Å². The normalized spacial score (nSPS) is 23.4. The lowest BCUT2D eigenvalue weighted by Gasteiger charge is -2.36. The van der Waals surface area contributed by atoms with Crippen LogP contribution in [0.4, 0.5) is 5.95 Å². The van der Waals surface area contributed by atoms with Crippen molar-refractivity contribution in [2.45, 2.75) is 50.8 Å². The third kappa shape index (κ3) is 4.28. The van der Waals surface area contributed by atoms with E-state index in [2.05, 4.69) is 43.5 Å². The van der Waals surface area contributed by atoms with Crippen molar-refractivity contribution in [3.63, 3.8) is 0 Å². The molecule has 0 bridgehead atoms. The van der Waals surface area contributed by atoms with Gasteiger partial charge < -0.3 is 9.64 Å². The van der Waals surface area contributed by atoms with Gasteiger partial charge in [-0.15, -0.1) is 0 Å². The maximum atomic E-state index is 6.37. The lowest BCUT2D eigenvalue weighted by molar-refractivity contribution is 0.00620. The first-order chi connectivity index (χ1) is 13.2. The summed E-state index contributed by atoms with van der Waals surface area (Å²) in [5, 5.41) is 4.74. The lowest BCUT2D eigenvalue weighted by atomic mass is 9.98. The number of anilines is 1. The van der Waals surface area contributed by atoms with Gasteiger partial charge in [0.15, 0.2) is 0 Å². The Hall–Kier alpha value is -1.64. The summed E-state index contributed by atoms with van der Waals surface area (Å²) in [6, 6.07) is 4.71. The number of rotatable bonds is 6. The smallest absolute Gasteiger partial charge is 0.225 e. The van der Waals surface area contributed by atoms with Gasteiger partial charge in [0.25, 0.3) is 0 Å². The van der Waals surface area contributed by atoms with Crippen LogP contribution in [0.5, 0.6) is 0 Å². The zero-order valence-corrected chi connectivity index (χ0v) is 16.9. The van der Waals surface area contributed by atoms with Crippen molar-refractivity contribution in [3.05, 3.63) is 35.9 Å². The van der Waals surface area contributed by atoms with Crippen LogP contribution in [0.15, 0.2) is 24.5 Å². The second kappa shape index (κ2) is 8.58. The number of hydrogen-bond acceptors (Lipinski definition) is 7. The first kappa shape index (κ1) is 18.7. The third-order valence-electron chi connectivity index (χ3n) is 5.47. The van der Waals surface area contributed by atoms with Crippen molar-refractivity contribution < 1.29 is 4.74 Å². The molecule has 27 heavy (non-hydrogen) atoms. The van der Waals surface area contributed by atoms with Gasteiger partial charge in [0.1, 0.15) is 0 Å². The van der Waals surface area contributed by atoms with Gasteiger partial charge in [-0.1, -0.05) is 11.9 Å². The molecular formula is C19H28N6OS. The van der Waals surface area contributed by atoms with E-state index in [4.69, 9.17) is 9.84 Å². The molecule has 8 heteroatoms. The van der Waals surface area contributed by atoms with E-state index in [1.165, 1.54) is 5.69 Å². The molecule has 2 aromatic rings. The molecule has 0 aromatic carbocycles. The topological polar surface area (TPSA) is 68.1 Å². The first-order valence-electron chi connectivity index (χ1n) is 9.71. The first-order valence-corrected chi connectivity index (χ1v) is 10.9. The summed E-state index contributed by atoms with van der Waals surface area (Å²) in [5.74, 6) is 0.823. The summed E-state index contributed by atoms with van der Waals surface area (Å²) in [6.07, 6.45) is 10.2. The Morgan fingerprint density at radius 3 is 2.74 bits per heavy atom. The quantitative estimate of drug-likeness (QED) is 0.762. The molecule has 2 unspecified atom stereocenters. The van der Waals surface area contributed by atoms with Crippen LogP contribution in [0.3, 0.4) is 0 Å². The van der Waals surface area contributed by atoms with E-state index in [-0.39, 0.29) is 6.04 Å². The predicted octanol–water partition coefficient (Wildman–Crippen LogP) is 2.39. The van der Waals surface area contributed by atoms with Crippen molar-refractivity contribution in [3.8, 4) is 0 Å². The summed E-state index contributed by atoms with van der Waals surface area (Å²) < 4.78 is 12.1. The molecule has 4 rings (SSSR count). The van der Waals surface area contributed by atoms with E-state index >= 15 is 0 Å². The molecule has 2 aromatic heterocycles. The fraction of sp³-hybridized carbons (Fsp3) is 0.632. The number of fused-ring (bicyclic) bond motifs is 1. The van der Waals surface area contributed by atoms with E-state index in [0.717, 1.165) is 50.4 Å². The van der Waals surface area contributed by atoms with Crippen LogP contribution in [0.1, 0.15) is 36.7 Å². The third-order valence-corrected chi connectivity index (χ3v) is 6.01. The van der Waals surface area contributed by atoms with Gasteiger partial charge in [-0.2, -0.15) is 5.10 Å². The van der Waals surface area contributed by atoms with Crippen molar-refractivity contribution in [1.29, 1.82) is 0 Å². The molecule has 2 aliphatic rings. The molecular weight excluding hydrogens is 360 g/mol. The molecule has 0 saturated carbocycles. The average molecular weight is 389 g/mol. The Balaban J connectivity index is 1.35. The number of aromatic nitrogens is 4. The fourth-order valence-electron chi connectivity index (χ4n) is 4.10. The number of nitrogens with zero attached hydrogens (tertiary/aromatic N) is 5. The van der Waals surface area contributed by atoms with Crippen LogP contribution in [0.2, 0.25) is 0 Å². The van der Waals surface area contributed by atoms with Crippen LogP contribution in [0.25, 0.3) is 0 Å². The highest BCUT2D eigenvalue weighted by Crippen LogP contribution is 2.28. The zero-order chi connectivity index (χ0) is 18.6. The standard InChI is InChI=1S/C19H28N6OS/c1-14-12-15-4-5-17(23-27-2)18(25(15)22-14)13-26-16-6-10-24(11-7-16)19-20-8-3-9-21-19/h3,8-9,12,16-18,23H,4-7,10-11,13H2,1-2H3. The van der Waals surface area contributed by atoms with Crippen LogP contribution < -0.4 is 9.62 Å². The van der Waals surface area contributed by atoms with Gasteiger partial charge >= 0.3 is 0 Å². The minimum absolute atomic E-state index is 0.255. The summed E-state index contributed by atoms with van der Waals surface area (Å²) in [7, 11) is 0. The van der Waals surface area contributed by atoms with E-state index < -0.39 is 0 Å². The number of piperidine rings is 1. The molecule has 1 saturated heterocycles. The van der Waals surface area contributed by atoms with Crippen LogP contribution >= 0.6 is 11.9 Å². The summed E-state index contributed by atoms with van der Waals surface area (Å²) in [6.45, 7) is 4.66. The fourth-order valence-corrected chi connectivity index (χ4v) is 4.68. The van der Waals surface area contributed by atoms with Crippen molar-refractivity contribution in [2.75, 3.05) is 30.9 Å². The van der Waals surface area contributed by atoms with Crippen molar-refractivity contribution in [1.82, 2.24) is 24.5 Å². The Kier molecular flexibility index (Phi) is 5.95. The van der Waals surface area contributed by atoms with Crippen molar-refractivity contribution >= 4 is 17.9 Å². The monoisotopic (exact) mass is 388 g/mol. The summed E-state index contributed by atoms with van der Waals surface area (Å²) >= 11 is 1.69. The van der Waals surface area contributed by atoms with Gasteiger partial charge in [0.2, 0.25) is 5.95 Å². The Morgan fingerprint density at radius 1 is 1.22 bits per heavy atom. The molecule has 0 amide bonds. The van der Waals surface area contributed by atoms with Crippen LogP contribution in [-0.4, -0.2) is 57.8 Å². The Bertz CT molecular complexity index is 731. The largest absolute Gasteiger partial charge is 0.376 e. The second-order valence-corrected chi connectivity index (χ2v) is 7.97. The molecule has 0 spiro atoms. The Labute approximate surface area is 165 Å². The van der Waals surface area contributed by atoms with Crippen LogP contribution in [0, 0.1) is 6.92 Å². The zero-order valence-electron chi connectivity index (χ0n) is 16.0. The molecule has 1 fully saturated rings. The summed E-state index contributed by atoms with van der Waals surface area (Å²) in [4.78, 5) is 11.0. The Morgan fingerprint density at radius 2 is 2.00 bits per heavy atom. The number of nitrogens with one attached hydrogen (secondary N) is 1. The van der Waals surface area contributed by atoms with E-state index in [1.54, 1.807) is 24.3 Å². The second-order valence-electron chi connectivity index (χ2n) is 7.32. The van der Waals surface area contributed by atoms with Gasteiger partial charge in [-0.3, -0.25) is 9.40 Å². The predicted molar refractivity (Wildman–Crippen MR) is 108 cm³/mol. The number of aryl methyl sites for hydroxylation is 2. The number of hydrogen-bond donors (Lipinski definition) is 1. The maximum Gasteiger partial charge on any atom is 0.225 e. The van der Waals surface area contributed by atoms with Crippen LogP contribution in [-0.2, 0) is 11.2 Å². The van der Waals surface area contributed by atoms with E-state index in [1.807, 2.05) is 6.07 Å². The van der Waals surface area contributed by atoms with Gasteiger partial charge in [-0.05, 0) is 51.0 Å². The minimum atomic E-state index is 0.255. The number of ether oxygens (including phenoxy) is 1. The van der Waals surface area contributed by atoms with Gasteiger partial charge in [-0.25, -0.2) is 9.97 Å². The molecule has 2 atom stereocenters. The lowest BCUT2D eigenvalue weighted by Crippen LogP contribution is -2.43.